The van der Waals surface area contributed by atoms with Gasteiger partial charge in [0.15, 0.2) is 0 Å². The van der Waals surface area contributed by atoms with Gasteiger partial charge < -0.3 is 15.4 Å². The summed E-state index contributed by atoms with van der Waals surface area (Å²) in [5.74, 6) is 2.37. The van der Waals surface area contributed by atoms with Crippen LogP contribution in [0.15, 0.2) is 54.6 Å². The van der Waals surface area contributed by atoms with Crippen LogP contribution in [-0.2, 0) is 13.0 Å². The lowest BCUT2D eigenvalue weighted by molar-refractivity contribution is 0.410. The molecule has 5 nitrogen and oxygen atoms in total. The molecular formula is C22H26N4O. The molecule has 0 aliphatic rings. The predicted octanol–water partition coefficient (Wildman–Crippen LogP) is 4.37. The van der Waals surface area contributed by atoms with Gasteiger partial charge in [-0.3, -0.25) is 0 Å². The Morgan fingerprint density at radius 1 is 0.926 bits per heavy atom. The maximum absolute atomic E-state index is 5.40. The van der Waals surface area contributed by atoms with E-state index in [1.165, 1.54) is 16.7 Å². The molecule has 2 N–H and O–H groups in total. The van der Waals surface area contributed by atoms with Crippen LogP contribution < -0.4 is 15.4 Å². The Morgan fingerprint density at radius 3 is 2.48 bits per heavy atom. The number of methoxy groups -OCH3 is 1. The monoisotopic (exact) mass is 362 g/mol. The fraction of sp³-hybridized carbons (Fsp3) is 0.273. The molecule has 3 rings (SSSR count). The van der Waals surface area contributed by atoms with Crippen molar-refractivity contribution in [3.63, 3.8) is 0 Å². The molecule has 0 saturated carbocycles. The number of rotatable bonds is 8. The molecule has 1 aromatic heterocycles. The van der Waals surface area contributed by atoms with Crippen molar-refractivity contribution in [1.82, 2.24) is 9.97 Å². The number of ether oxygens (including phenoxy) is 1. The van der Waals surface area contributed by atoms with E-state index >= 15 is 0 Å². The van der Waals surface area contributed by atoms with Crippen LogP contribution >= 0.6 is 0 Å². The van der Waals surface area contributed by atoms with Gasteiger partial charge in [-0.05, 0) is 37.5 Å². The molecule has 0 fully saturated rings. The summed E-state index contributed by atoms with van der Waals surface area (Å²) >= 11 is 0. The minimum absolute atomic E-state index is 0.635. The van der Waals surface area contributed by atoms with Crippen molar-refractivity contribution in [2.45, 2.75) is 26.8 Å². The van der Waals surface area contributed by atoms with E-state index in [2.05, 4.69) is 57.9 Å². The number of aryl methyl sites for hydroxylation is 2. The summed E-state index contributed by atoms with van der Waals surface area (Å²) in [6, 6.07) is 18.5. The van der Waals surface area contributed by atoms with E-state index in [0.29, 0.717) is 12.5 Å². The first-order valence-electron chi connectivity index (χ1n) is 9.15. The Kier molecular flexibility index (Phi) is 6.26. The molecule has 0 aliphatic carbocycles. The van der Waals surface area contributed by atoms with Gasteiger partial charge >= 0.3 is 0 Å². The topological polar surface area (TPSA) is 59.1 Å². The van der Waals surface area contributed by atoms with Crippen molar-refractivity contribution < 1.29 is 4.74 Å². The molecule has 0 amide bonds. The highest BCUT2D eigenvalue weighted by molar-refractivity contribution is 5.43. The Labute approximate surface area is 160 Å². The van der Waals surface area contributed by atoms with E-state index < -0.39 is 0 Å². The van der Waals surface area contributed by atoms with E-state index in [-0.39, 0.29) is 0 Å². The van der Waals surface area contributed by atoms with Crippen molar-refractivity contribution in [3.05, 3.63) is 77.0 Å². The van der Waals surface area contributed by atoms with E-state index in [1.54, 1.807) is 7.11 Å². The highest BCUT2D eigenvalue weighted by atomic mass is 16.5. The normalized spacial score (nSPS) is 10.5. The first-order chi connectivity index (χ1) is 13.1. The molecule has 0 spiro atoms. The van der Waals surface area contributed by atoms with Crippen LogP contribution in [0.2, 0.25) is 0 Å². The van der Waals surface area contributed by atoms with Crippen molar-refractivity contribution in [3.8, 4) is 5.75 Å². The summed E-state index contributed by atoms with van der Waals surface area (Å²) in [6.07, 6.45) is 0.860. The highest BCUT2D eigenvalue weighted by Gasteiger charge is 2.04. The van der Waals surface area contributed by atoms with Gasteiger partial charge in [-0.1, -0.05) is 48.0 Å². The first-order valence-corrected chi connectivity index (χ1v) is 9.15. The number of benzene rings is 2. The fourth-order valence-corrected chi connectivity index (χ4v) is 2.86. The van der Waals surface area contributed by atoms with Gasteiger partial charge in [0.1, 0.15) is 11.6 Å². The molecule has 0 radical (unpaired) electrons. The lowest BCUT2D eigenvalue weighted by Gasteiger charge is -2.11. The predicted molar refractivity (Wildman–Crippen MR) is 110 cm³/mol. The van der Waals surface area contributed by atoms with Crippen molar-refractivity contribution in [2.24, 2.45) is 0 Å². The molecule has 5 heteroatoms. The standard InChI is InChI=1S/C22H26N4O/c1-16-8-10-18(11-9-16)15-24-22-25-17(2)14-21(26-22)23-13-12-19-6-4-5-7-20(19)27-3/h4-11,14H,12-13,15H2,1-3H3,(H2,23,24,25,26). The van der Waals surface area contributed by atoms with Crippen LogP contribution in [0.4, 0.5) is 11.8 Å². The molecule has 3 aromatic rings. The molecule has 0 unspecified atom stereocenters. The van der Waals surface area contributed by atoms with Gasteiger partial charge in [0, 0.05) is 24.8 Å². The Hall–Kier alpha value is -3.08. The maximum atomic E-state index is 5.40. The average Bonchev–Trinajstić information content (AvgIpc) is 2.67. The lowest BCUT2D eigenvalue weighted by atomic mass is 10.1. The molecule has 1 heterocycles. The largest absolute Gasteiger partial charge is 0.496 e. The summed E-state index contributed by atoms with van der Waals surface area (Å²) in [7, 11) is 1.70. The number of aromatic nitrogens is 2. The Morgan fingerprint density at radius 2 is 1.70 bits per heavy atom. The van der Waals surface area contributed by atoms with Crippen LogP contribution in [-0.4, -0.2) is 23.6 Å². The minimum Gasteiger partial charge on any atom is -0.496 e. The maximum Gasteiger partial charge on any atom is 0.225 e. The number of para-hydroxylation sites is 1. The van der Waals surface area contributed by atoms with Crippen LogP contribution in [0.1, 0.15) is 22.4 Å². The molecule has 27 heavy (non-hydrogen) atoms. The molecule has 0 saturated heterocycles. The van der Waals surface area contributed by atoms with Crippen LogP contribution in [0.5, 0.6) is 5.75 Å². The molecular weight excluding hydrogens is 336 g/mol. The number of anilines is 2. The fourth-order valence-electron chi connectivity index (χ4n) is 2.86. The third kappa shape index (κ3) is 5.45. The second kappa shape index (κ2) is 9.03. The highest BCUT2D eigenvalue weighted by Crippen LogP contribution is 2.18. The first kappa shape index (κ1) is 18.7. The third-order valence-electron chi connectivity index (χ3n) is 4.32. The molecule has 0 aliphatic heterocycles. The van der Waals surface area contributed by atoms with Gasteiger partial charge in [0.05, 0.1) is 7.11 Å². The van der Waals surface area contributed by atoms with Gasteiger partial charge in [-0.25, -0.2) is 4.98 Å². The zero-order valence-electron chi connectivity index (χ0n) is 16.1. The van der Waals surface area contributed by atoms with Crippen molar-refractivity contribution >= 4 is 11.8 Å². The molecule has 0 atom stereocenters. The van der Waals surface area contributed by atoms with Crippen molar-refractivity contribution in [2.75, 3.05) is 24.3 Å². The van der Waals surface area contributed by atoms with E-state index in [1.807, 2.05) is 31.2 Å². The third-order valence-corrected chi connectivity index (χ3v) is 4.32. The van der Waals surface area contributed by atoms with Gasteiger partial charge in [-0.15, -0.1) is 0 Å². The number of hydrogen-bond acceptors (Lipinski definition) is 5. The summed E-state index contributed by atoms with van der Waals surface area (Å²) in [5, 5.41) is 6.69. The number of hydrogen-bond donors (Lipinski definition) is 2. The SMILES string of the molecule is COc1ccccc1CCNc1cc(C)nc(NCc2ccc(C)cc2)n1. The summed E-state index contributed by atoms with van der Waals surface area (Å²) in [6.45, 7) is 5.53. The summed E-state index contributed by atoms with van der Waals surface area (Å²) in [5.41, 5.74) is 4.57. The van der Waals surface area contributed by atoms with E-state index in [9.17, 15) is 0 Å². The van der Waals surface area contributed by atoms with E-state index in [4.69, 9.17) is 4.74 Å². The smallest absolute Gasteiger partial charge is 0.225 e. The Bertz CT molecular complexity index is 878. The van der Waals surface area contributed by atoms with Gasteiger partial charge in [0.25, 0.3) is 0 Å². The quantitative estimate of drug-likeness (QED) is 0.623. The molecule has 2 aromatic carbocycles. The van der Waals surface area contributed by atoms with Gasteiger partial charge in [0.2, 0.25) is 5.95 Å². The van der Waals surface area contributed by atoms with Crippen LogP contribution in [0.3, 0.4) is 0 Å². The zero-order valence-corrected chi connectivity index (χ0v) is 16.1. The number of nitrogens with one attached hydrogen (secondary N) is 2. The van der Waals surface area contributed by atoms with Crippen molar-refractivity contribution in [1.29, 1.82) is 0 Å². The average molecular weight is 362 g/mol. The van der Waals surface area contributed by atoms with E-state index in [0.717, 1.165) is 30.2 Å². The zero-order chi connectivity index (χ0) is 19.1. The Balaban J connectivity index is 1.58. The summed E-state index contributed by atoms with van der Waals surface area (Å²) < 4.78 is 5.40. The lowest BCUT2D eigenvalue weighted by Crippen LogP contribution is -2.10. The molecule has 140 valence electrons. The number of nitrogens with zero attached hydrogens (tertiary/aromatic N) is 2. The van der Waals surface area contributed by atoms with Crippen LogP contribution in [0.25, 0.3) is 0 Å². The second-order valence-corrected chi connectivity index (χ2v) is 6.55. The minimum atomic E-state index is 0.635. The summed E-state index contributed by atoms with van der Waals surface area (Å²) in [4.78, 5) is 9.05. The van der Waals surface area contributed by atoms with Crippen LogP contribution in [0, 0.1) is 13.8 Å². The molecule has 0 bridgehead atoms. The second-order valence-electron chi connectivity index (χ2n) is 6.55. The van der Waals surface area contributed by atoms with Gasteiger partial charge in [-0.2, -0.15) is 4.98 Å².